The molecule has 0 saturated heterocycles. The van der Waals surface area contributed by atoms with Crippen LogP contribution < -0.4 is 0 Å². The SMILES string of the molecule is CC(C)CC[C@H](CO)N(CC1CC1)S(=O)(=O)C(C)S. The Bertz CT molecular complexity index is 364. The quantitative estimate of drug-likeness (QED) is 0.641. The van der Waals surface area contributed by atoms with Gasteiger partial charge in [0.1, 0.15) is 4.58 Å². The zero-order chi connectivity index (χ0) is 14.6. The molecule has 2 atom stereocenters. The van der Waals surface area contributed by atoms with Crippen molar-refractivity contribution in [2.24, 2.45) is 11.8 Å². The van der Waals surface area contributed by atoms with Crippen LogP contribution >= 0.6 is 12.6 Å². The number of hydrogen-bond acceptors (Lipinski definition) is 4. The number of sulfonamides is 1. The van der Waals surface area contributed by atoms with E-state index >= 15 is 0 Å². The van der Waals surface area contributed by atoms with Gasteiger partial charge in [0.2, 0.25) is 10.0 Å². The number of aliphatic hydroxyl groups is 1. The Hall–Kier alpha value is 0.220. The summed E-state index contributed by atoms with van der Waals surface area (Å²) in [5.41, 5.74) is 0. The van der Waals surface area contributed by atoms with E-state index in [1.165, 1.54) is 4.31 Å². The lowest BCUT2D eigenvalue weighted by molar-refractivity contribution is 0.170. The summed E-state index contributed by atoms with van der Waals surface area (Å²) in [6, 6.07) is -0.303. The Labute approximate surface area is 123 Å². The number of rotatable bonds is 9. The van der Waals surface area contributed by atoms with Crippen molar-refractivity contribution in [3.8, 4) is 0 Å². The summed E-state index contributed by atoms with van der Waals surface area (Å²) in [5, 5.41) is 9.56. The maximum absolute atomic E-state index is 12.4. The maximum Gasteiger partial charge on any atom is 0.226 e. The van der Waals surface area contributed by atoms with Gasteiger partial charge >= 0.3 is 0 Å². The van der Waals surface area contributed by atoms with Crippen molar-refractivity contribution < 1.29 is 13.5 Å². The second-order valence-corrected chi connectivity index (χ2v) is 9.29. The molecule has 0 aliphatic heterocycles. The van der Waals surface area contributed by atoms with E-state index in [2.05, 4.69) is 26.5 Å². The molecule has 1 unspecified atom stereocenters. The third-order valence-electron chi connectivity index (χ3n) is 3.59. The van der Waals surface area contributed by atoms with E-state index in [1.54, 1.807) is 6.92 Å². The molecule has 1 N–H and O–H groups in total. The summed E-state index contributed by atoms with van der Waals surface area (Å²) in [7, 11) is -3.42. The number of hydrogen-bond donors (Lipinski definition) is 2. The van der Waals surface area contributed by atoms with Crippen molar-refractivity contribution in [2.75, 3.05) is 13.2 Å². The molecule has 1 aliphatic carbocycles. The first kappa shape index (κ1) is 17.3. The predicted molar refractivity (Wildman–Crippen MR) is 81.7 cm³/mol. The molecule has 6 heteroatoms. The van der Waals surface area contributed by atoms with Crippen molar-refractivity contribution in [2.45, 2.75) is 57.1 Å². The van der Waals surface area contributed by atoms with E-state index in [1.807, 2.05) is 0 Å². The normalized spacial score (nSPS) is 19.9. The van der Waals surface area contributed by atoms with Crippen LogP contribution in [0.2, 0.25) is 0 Å². The van der Waals surface area contributed by atoms with Gasteiger partial charge in [0.15, 0.2) is 0 Å². The topological polar surface area (TPSA) is 57.6 Å². The molecule has 19 heavy (non-hydrogen) atoms. The molecule has 1 rings (SSSR count). The maximum atomic E-state index is 12.4. The molecular formula is C13H27NO3S2. The van der Waals surface area contributed by atoms with Crippen molar-refractivity contribution >= 4 is 22.7 Å². The first-order valence-electron chi connectivity index (χ1n) is 7.08. The largest absolute Gasteiger partial charge is 0.395 e. The monoisotopic (exact) mass is 309 g/mol. The van der Waals surface area contributed by atoms with Crippen LogP contribution in [0, 0.1) is 11.8 Å². The Morgan fingerprint density at radius 3 is 2.21 bits per heavy atom. The highest BCUT2D eigenvalue weighted by atomic mass is 32.3. The molecule has 4 nitrogen and oxygen atoms in total. The summed E-state index contributed by atoms with van der Waals surface area (Å²) in [6.45, 7) is 6.22. The van der Waals surface area contributed by atoms with Crippen molar-refractivity contribution in [3.05, 3.63) is 0 Å². The zero-order valence-corrected chi connectivity index (χ0v) is 13.8. The van der Waals surface area contributed by atoms with Gasteiger partial charge in [-0.1, -0.05) is 13.8 Å². The highest BCUT2D eigenvalue weighted by Gasteiger charge is 2.36. The average molecular weight is 309 g/mol. The molecule has 1 aliphatic rings. The summed E-state index contributed by atoms with van der Waals surface area (Å²) in [6.07, 6.45) is 3.81. The molecule has 1 saturated carbocycles. The Morgan fingerprint density at radius 2 is 1.84 bits per heavy atom. The van der Waals surface area contributed by atoms with E-state index in [4.69, 9.17) is 0 Å². The van der Waals surface area contributed by atoms with Crippen LogP contribution in [0.5, 0.6) is 0 Å². The molecule has 0 aromatic rings. The molecule has 0 aromatic carbocycles. The molecule has 0 amide bonds. The Morgan fingerprint density at radius 1 is 1.26 bits per heavy atom. The second kappa shape index (κ2) is 7.29. The fourth-order valence-corrected chi connectivity index (χ4v) is 3.83. The van der Waals surface area contributed by atoms with Crippen LogP contribution in [-0.4, -0.2) is 41.6 Å². The fourth-order valence-electron chi connectivity index (χ4n) is 2.06. The van der Waals surface area contributed by atoms with Gasteiger partial charge in [-0.15, -0.1) is 0 Å². The average Bonchev–Trinajstić information content (AvgIpc) is 3.11. The first-order valence-corrected chi connectivity index (χ1v) is 9.10. The fraction of sp³-hybridized carbons (Fsp3) is 1.00. The van der Waals surface area contributed by atoms with E-state index in [-0.39, 0.29) is 12.6 Å². The molecule has 0 spiro atoms. The molecule has 1 fully saturated rings. The minimum Gasteiger partial charge on any atom is -0.395 e. The summed E-state index contributed by atoms with van der Waals surface area (Å²) >= 11 is 4.09. The Kier molecular flexibility index (Phi) is 6.63. The van der Waals surface area contributed by atoms with Crippen LogP contribution in [0.1, 0.15) is 46.5 Å². The molecule has 0 heterocycles. The van der Waals surface area contributed by atoms with Crippen molar-refractivity contribution in [1.82, 2.24) is 4.31 Å². The van der Waals surface area contributed by atoms with Gasteiger partial charge in [-0.05, 0) is 44.4 Å². The molecular weight excluding hydrogens is 282 g/mol. The van der Waals surface area contributed by atoms with Gasteiger partial charge in [-0.25, -0.2) is 8.42 Å². The van der Waals surface area contributed by atoms with Gasteiger partial charge in [0, 0.05) is 12.6 Å². The lowest BCUT2D eigenvalue weighted by Crippen LogP contribution is -2.46. The van der Waals surface area contributed by atoms with Crippen LogP contribution in [0.3, 0.4) is 0 Å². The molecule has 114 valence electrons. The van der Waals surface area contributed by atoms with Crippen LogP contribution in [0.25, 0.3) is 0 Å². The van der Waals surface area contributed by atoms with E-state index in [0.717, 1.165) is 19.3 Å². The summed E-state index contributed by atoms with van der Waals surface area (Å²) < 4.78 is 25.5. The van der Waals surface area contributed by atoms with Crippen LogP contribution in [0.15, 0.2) is 0 Å². The number of thiol groups is 1. The number of aliphatic hydroxyl groups excluding tert-OH is 1. The smallest absolute Gasteiger partial charge is 0.226 e. The molecule has 0 aromatic heterocycles. The lowest BCUT2D eigenvalue weighted by Gasteiger charge is -2.31. The Balaban J connectivity index is 2.80. The minimum atomic E-state index is -3.42. The van der Waals surface area contributed by atoms with Gasteiger partial charge in [0.25, 0.3) is 0 Å². The van der Waals surface area contributed by atoms with Crippen LogP contribution in [0.4, 0.5) is 0 Å². The molecule has 0 radical (unpaired) electrons. The van der Waals surface area contributed by atoms with Crippen molar-refractivity contribution in [3.63, 3.8) is 0 Å². The van der Waals surface area contributed by atoms with Gasteiger partial charge in [-0.2, -0.15) is 16.9 Å². The van der Waals surface area contributed by atoms with E-state index < -0.39 is 14.6 Å². The van der Waals surface area contributed by atoms with Gasteiger partial charge in [-0.3, -0.25) is 0 Å². The molecule has 0 bridgehead atoms. The summed E-state index contributed by atoms with van der Waals surface area (Å²) in [4.78, 5) is 0. The van der Waals surface area contributed by atoms with E-state index in [0.29, 0.717) is 24.8 Å². The van der Waals surface area contributed by atoms with Gasteiger partial charge < -0.3 is 5.11 Å². The standard InChI is InChI=1S/C13H27NO3S2/c1-10(2)4-7-13(9-15)14(8-12-5-6-12)19(16,17)11(3)18/h10-13,15,18H,4-9H2,1-3H3/t11?,13-/m1/s1. The third kappa shape index (κ3) is 5.25. The van der Waals surface area contributed by atoms with Crippen LogP contribution in [-0.2, 0) is 10.0 Å². The third-order valence-corrected chi connectivity index (χ3v) is 6.35. The predicted octanol–water partition coefficient (Wildman–Crippen LogP) is 2.10. The summed E-state index contributed by atoms with van der Waals surface area (Å²) in [5.74, 6) is 0.975. The minimum absolute atomic E-state index is 0.112. The zero-order valence-electron chi connectivity index (χ0n) is 12.1. The highest BCUT2D eigenvalue weighted by Crippen LogP contribution is 2.33. The van der Waals surface area contributed by atoms with E-state index in [9.17, 15) is 13.5 Å². The lowest BCUT2D eigenvalue weighted by atomic mass is 10.0. The van der Waals surface area contributed by atoms with Gasteiger partial charge in [0.05, 0.1) is 6.61 Å². The number of nitrogens with zero attached hydrogens (tertiary/aromatic N) is 1. The first-order chi connectivity index (χ1) is 8.78. The van der Waals surface area contributed by atoms with Crippen molar-refractivity contribution in [1.29, 1.82) is 0 Å². The second-order valence-electron chi connectivity index (χ2n) is 5.96. The highest BCUT2D eigenvalue weighted by molar-refractivity contribution is 8.03.